The SMILES string of the molecule is N#Cc1cncc(COc2cc(O[C@H]3CCc4c(-c5ccccc5F)cccc43)c(Cl)cc2CNCCCN2CCN(CCO)CC2)c1. The van der Waals surface area contributed by atoms with E-state index in [2.05, 4.69) is 26.2 Å². The van der Waals surface area contributed by atoms with Crippen molar-refractivity contribution in [2.24, 2.45) is 0 Å². The average Bonchev–Trinajstić information content (AvgIpc) is 3.52. The molecule has 0 bridgehead atoms. The van der Waals surface area contributed by atoms with Gasteiger partial charge in [0.05, 0.1) is 17.2 Å². The van der Waals surface area contributed by atoms with Gasteiger partial charge in [0.1, 0.15) is 36.1 Å². The van der Waals surface area contributed by atoms with Gasteiger partial charge in [-0.05, 0) is 67.2 Å². The first kappa shape index (κ1) is 33.8. The van der Waals surface area contributed by atoms with Gasteiger partial charge in [0, 0.05) is 74.4 Å². The lowest BCUT2D eigenvalue weighted by molar-refractivity contribution is 0.112. The number of aliphatic hydroxyl groups is 1. The molecule has 1 saturated heterocycles. The summed E-state index contributed by atoms with van der Waals surface area (Å²) in [5, 5.41) is 22.5. The quantitative estimate of drug-likeness (QED) is 0.155. The van der Waals surface area contributed by atoms with Crippen molar-refractivity contribution in [2.45, 2.75) is 38.5 Å². The van der Waals surface area contributed by atoms with Gasteiger partial charge in [-0.15, -0.1) is 0 Å². The van der Waals surface area contributed by atoms with Crippen molar-refractivity contribution >= 4 is 11.6 Å². The van der Waals surface area contributed by atoms with E-state index in [1.165, 1.54) is 12.3 Å². The molecule has 2 aliphatic rings. The van der Waals surface area contributed by atoms with E-state index in [-0.39, 0.29) is 25.1 Å². The zero-order valence-corrected chi connectivity index (χ0v) is 27.8. The lowest BCUT2D eigenvalue weighted by Gasteiger charge is -2.34. The highest BCUT2D eigenvalue weighted by atomic mass is 35.5. The number of fused-ring (bicyclic) bond motifs is 1. The number of ether oxygens (including phenoxy) is 2. The summed E-state index contributed by atoms with van der Waals surface area (Å²) in [5.41, 5.74) is 5.79. The Bertz CT molecular complexity index is 1740. The molecule has 6 rings (SSSR count). The molecule has 0 saturated carbocycles. The van der Waals surface area contributed by atoms with Crippen LogP contribution in [-0.2, 0) is 19.6 Å². The third-order valence-corrected chi connectivity index (χ3v) is 9.40. The Morgan fingerprint density at radius 2 is 1.77 bits per heavy atom. The number of nitrogens with zero attached hydrogens (tertiary/aromatic N) is 4. The van der Waals surface area contributed by atoms with Gasteiger partial charge in [-0.25, -0.2) is 4.39 Å². The maximum absolute atomic E-state index is 14.7. The number of hydrogen-bond acceptors (Lipinski definition) is 8. The number of nitrogens with one attached hydrogen (secondary N) is 1. The van der Waals surface area contributed by atoms with Gasteiger partial charge < -0.3 is 24.8 Å². The van der Waals surface area contributed by atoms with Crippen LogP contribution in [0.3, 0.4) is 0 Å². The van der Waals surface area contributed by atoms with E-state index in [4.69, 9.17) is 21.1 Å². The van der Waals surface area contributed by atoms with Crippen LogP contribution in [0.1, 0.15) is 46.8 Å². The Kier molecular flexibility index (Phi) is 11.5. The molecular weight excluding hydrogens is 629 g/mol. The summed E-state index contributed by atoms with van der Waals surface area (Å²) in [6, 6.07) is 20.5. The van der Waals surface area contributed by atoms with Crippen molar-refractivity contribution < 1.29 is 19.0 Å². The Balaban J connectivity index is 1.14. The number of piperazine rings is 1. The summed E-state index contributed by atoms with van der Waals surface area (Å²) in [6.07, 6.45) is 5.52. The van der Waals surface area contributed by atoms with Crippen LogP contribution in [0, 0.1) is 17.1 Å². The second kappa shape index (κ2) is 16.4. The molecule has 48 heavy (non-hydrogen) atoms. The fourth-order valence-electron chi connectivity index (χ4n) is 6.58. The number of hydrogen-bond donors (Lipinski definition) is 2. The molecule has 0 amide bonds. The summed E-state index contributed by atoms with van der Waals surface area (Å²) in [5.74, 6) is 0.924. The smallest absolute Gasteiger partial charge is 0.142 e. The number of pyridine rings is 1. The summed E-state index contributed by atoms with van der Waals surface area (Å²) in [4.78, 5) is 8.94. The van der Waals surface area contributed by atoms with Crippen LogP contribution < -0.4 is 14.8 Å². The monoisotopic (exact) mass is 669 g/mol. The second-order valence-corrected chi connectivity index (χ2v) is 12.7. The average molecular weight is 670 g/mol. The van der Waals surface area contributed by atoms with Gasteiger partial charge in [0.2, 0.25) is 0 Å². The van der Waals surface area contributed by atoms with Crippen LogP contribution in [0.25, 0.3) is 11.1 Å². The summed E-state index contributed by atoms with van der Waals surface area (Å²) in [6.45, 7) is 7.63. The Labute approximate surface area is 286 Å². The fraction of sp³-hybridized carbons (Fsp3) is 0.368. The number of β-amino-alcohol motifs (C(OH)–C–C–N with tert-alkyl or cyclic N) is 1. The van der Waals surface area contributed by atoms with Gasteiger partial charge in [-0.1, -0.05) is 48.0 Å². The molecule has 4 aromatic rings. The Morgan fingerprint density at radius 1 is 0.979 bits per heavy atom. The summed E-state index contributed by atoms with van der Waals surface area (Å²) in [7, 11) is 0. The van der Waals surface area contributed by atoms with Crippen LogP contribution in [0.15, 0.2) is 73.1 Å². The molecule has 8 nitrogen and oxygen atoms in total. The first-order valence-electron chi connectivity index (χ1n) is 16.6. The number of aromatic nitrogens is 1. The van der Waals surface area contributed by atoms with Gasteiger partial charge in [0.15, 0.2) is 0 Å². The molecule has 1 aromatic heterocycles. The van der Waals surface area contributed by atoms with Gasteiger partial charge in [-0.2, -0.15) is 5.26 Å². The molecule has 2 N–H and O–H groups in total. The highest BCUT2D eigenvalue weighted by molar-refractivity contribution is 6.32. The van der Waals surface area contributed by atoms with E-state index in [0.717, 1.165) is 92.9 Å². The minimum absolute atomic E-state index is 0.211. The zero-order valence-electron chi connectivity index (χ0n) is 27.0. The van der Waals surface area contributed by atoms with E-state index in [1.54, 1.807) is 18.3 Å². The van der Waals surface area contributed by atoms with Crippen LogP contribution >= 0.6 is 11.6 Å². The molecule has 0 spiro atoms. The van der Waals surface area contributed by atoms with Crippen molar-refractivity contribution in [1.82, 2.24) is 20.1 Å². The predicted molar refractivity (Wildman–Crippen MR) is 185 cm³/mol. The van der Waals surface area contributed by atoms with E-state index in [1.807, 2.05) is 42.5 Å². The summed E-state index contributed by atoms with van der Waals surface area (Å²) >= 11 is 6.86. The maximum atomic E-state index is 14.7. The number of benzene rings is 3. The zero-order chi connectivity index (χ0) is 33.3. The molecule has 1 fully saturated rings. The Hall–Kier alpha value is -4.04. The molecule has 250 valence electrons. The summed E-state index contributed by atoms with van der Waals surface area (Å²) < 4.78 is 27.6. The first-order valence-corrected chi connectivity index (χ1v) is 17.0. The highest BCUT2D eigenvalue weighted by Gasteiger charge is 2.28. The highest BCUT2D eigenvalue weighted by Crippen LogP contribution is 2.43. The number of aliphatic hydroxyl groups excluding tert-OH is 1. The van der Waals surface area contributed by atoms with Gasteiger partial charge >= 0.3 is 0 Å². The van der Waals surface area contributed by atoms with Gasteiger partial charge in [-0.3, -0.25) is 9.88 Å². The van der Waals surface area contributed by atoms with Crippen LogP contribution in [-0.4, -0.2) is 72.3 Å². The number of halogens is 2. The maximum Gasteiger partial charge on any atom is 0.142 e. The van der Waals surface area contributed by atoms with Gasteiger partial charge in [0.25, 0.3) is 0 Å². The van der Waals surface area contributed by atoms with Crippen molar-refractivity contribution in [3.05, 3.63) is 112 Å². The molecule has 10 heteroatoms. The molecule has 3 aromatic carbocycles. The molecule has 1 atom stereocenters. The molecular formula is C38H41ClFN5O3. The normalized spacial score (nSPS) is 16.4. The predicted octanol–water partition coefficient (Wildman–Crippen LogP) is 6.15. The number of nitriles is 1. The van der Waals surface area contributed by atoms with E-state index < -0.39 is 0 Å². The van der Waals surface area contributed by atoms with Crippen molar-refractivity contribution in [3.8, 4) is 28.7 Å². The molecule has 0 radical (unpaired) electrons. The minimum atomic E-state index is -0.239. The third-order valence-electron chi connectivity index (χ3n) is 9.11. The van der Waals surface area contributed by atoms with E-state index in [9.17, 15) is 14.8 Å². The van der Waals surface area contributed by atoms with Crippen molar-refractivity contribution in [3.63, 3.8) is 0 Å². The molecule has 1 aliphatic heterocycles. The lowest BCUT2D eigenvalue weighted by atomic mass is 9.96. The topological polar surface area (TPSA) is 93.9 Å². The minimum Gasteiger partial charge on any atom is -0.488 e. The molecule has 2 heterocycles. The van der Waals surface area contributed by atoms with Crippen LogP contribution in [0.2, 0.25) is 5.02 Å². The van der Waals surface area contributed by atoms with Crippen LogP contribution in [0.4, 0.5) is 4.39 Å². The molecule has 1 aliphatic carbocycles. The third kappa shape index (κ3) is 8.32. The van der Waals surface area contributed by atoms with E-state index in [0.29, 0.717) is 34.2 Å². The second-order valence-electron chi connectivity index (χ2n) is 12.3. The molecule has 0 unspecified atom stereocenters. The number of rotatable bonds is 14. The lowest BCUT2D eigenvalue weighted by Crippen LogP contribution is -2.47. The van der Waals surface area contributed by atoms with Crippen molar-refractivity contribution in [2.75, 3.05) is 52.4 Å². The van der Waals surface area contributed by atoms with Crippen LogP contribution in [0.5, 0.6) is 11.5 Å². The van der Waals surface area contributed by atoms with E-state index >= 15 is 0 Å². The standard InChI is InChI=1S/C38H41ClFN5O3/c39-34-20-29(25-42-11-4-12-44-13-15-45(16-14-44)17-18-46)37(47-26-28-19-27(22-41)23-43-24-28)21-38(34)48-36-10-9-31-30(6-3-7-33(31)36)32-5-1-2-8-35(32)40/h1-3,5-8,19-21,23-24,36,42,46H,4,9-18,25-26H2/t36-/m0/s1. The first-order chi connectivity index (χ1) is 23.5. The Morgan fingerprint density at radius 3 is 2.56 bits per heavy atom. The fourth-order valence-corrected chi connectivity index (χ4v) is 6.81. The van der Waals surface area contributed by atoms with Crippen molar-refractivity contribution in [1.29, 1.82) is 5.26 Å². The largest absolute Gasteiger partial charge is 0.488 e.